The fourth-order valence-electron chi connectivity index (χ4n) is 1.40. The second-order valence-corrected chi connectivity index (χ2v) is 4.60. The Kier molecular flexibility index (Phi) is 4.12. The molecule has 4 heteroatoms. The first-order valence-corrected chi connectivity index (χ1v) is 5.71. The molecule has 1 aromatic rings. The van der Waals surface area contributed by atoms with Gasteiger partial charge in [-0.25, -0.2) is 0 Å². The highest BCUT2D eigenvalue weighted by Crippen LogP contribution is 2.14. The molecule has 0 saturated carbocycles. The zero-order chi connectivity index (χ0) is 13.1. The minimum atomic E-state index is -0.577. The van der Waals surface area contributed by atoms with Gasteiger partial charge in [-0.3, -0.25) is 4.79 Å². The van der Waals surface area contributed by atoms with Gasteiger partial charge in [-0.2, -0.15) is 0 Å². The number of aliphatic hydroxyl groups excluding tert-OH is 1. The summed E-state index contributed by atoms with van der Waals surface area (Å²) in [7, 11) is 0. The molecule has 0 aromatic heterocycles. The van der Waals surface area contributed by atoms with Crippen molar-refractivity contribution in [3.8, 4) is 0 Å². The lowest BCUT2D eigenvalue weighted by molar-refractivity contribution is 0.0847. The zero-order valence-corrected chi connectivity index (χ0v) is 10.6. The predicted molar refractivity (Wildman–Crippen MR) is 68.8 cm³/mol. The number of hydrogen-bond acceptors (Lipinski definition) is 3. The van der Waals surface area contributed by atoms with E-state index in [0.29, 0.717) is 17.7 Å². The Morgan fingerprint density at radius 2 is 2.18 bits per heavy atom. The number of carbonyl (C=O) groups excluding carboxylic acids is 1. The lowest BCUT2D eigenvalue weighted by atomic mass is 9.99. The number of aryl methyl sites for hydroxylation is 1. The van der Waals surface area contributed by atoms with Crippen molar-refractivity contribution in [2.45, 2.75) is 32.7 Å². The van der Waals surface area contributed by atoms with Gasteiger partial charge in [0.2, 0.25) is 0 Å². The van der Waals surface area contributed by atoms with Gasteiger partial charge in [0, 0.05) is 11.3 Å². The van der Waals surface area contributed by atoms with Crippen LogP contribution in [0.1, 0.15) is 36.2 Å². The average molecular weight is 236 g/mol. The molecule has 94 valence electrons. The molecule has 0 fully saturated rings. The largest absolute Gasteiger partial charge is 0.399 e. The SMILES string of the molecule is CCC(C)(CO)NC(=O)c1ccc(N)c(C)c1. The molecule has 0 spiro atoms. The van der Waals surface area contributed by atoms with E-state index in [-0.39, 0.29) is 12.5 Å². The van der Waals surface area contributed by atoms with Gasteiger partial charge >= 0.3 is 0 Å². The Morgan fingerprint density at radius 1 is 1.53 bits per heavy atom. The zero-order valence-electron chi connectivity index (χ0n) is 10.6. The summed E-state index contributed by atoms with van der Waals surface area (Å²) in [5, 5.41) is 12.1. The van der Waals surface area contributed by atoms with Crippen molar-refractivity contribution in [2.75, 3.05) is 12.3 Å². The number of anilines is 1. The van der Waals surface area contributed by atoms with E-state index < -0.39 is 5.54 Å². The quantitative estimate of drug-likeness (QED) is 0.693. The Morgan fingerprint density at radius 3 is 2.65 bits per heavy atom. The highest BCUT2D eigenvalue weighted by Gasteiger charge is 2.23. The summed E-state index contributed by atoms with van der Waals surface area (Å²) in [6.07, 6.45) is 0.670. The molecule has 1 aromatic carbocycles. The third-order valence-corrected chi connectivity index (χ3v) is 3.08. The highest BCUT2D eigenvalue weighted by atomic mass is 16.3. The van der Waals surface area contributed by atoms with Crippen molar-refractivity contribution in [2.24, 2.45) is 0 Å². The van der Waals surface area contributed by atoms with Crippen molar-refractivity contribution >= 4 is 11.6 Å². The summed E-state index contributed by atoms with van der Waals surface area (Å²) in [6.45, 7) is 5.51. The number of nitrogen functional groups attached to an aromatic ring is 1. The van der Waals surface area contributed by atoms with Crippen molar-refractivity contribution in [3.63, 3.8) is 0 Å². The maximum Gasteiger partial charge on any atom is 0.251 e. The lowest BCUT2D eigenvalue weighted by Gasteiger charge is -2.27. The Labute approximate surface area is 102 Å². The fraction of sp³-hybridized carbons (Fsp3) is 0.462. The van der Waals surface area contributed by atoms with Crippen LogP contribution in [0.3, 0.4) is 0 Å². The molecule has 0 bridgehead atoms. The fourth-order valence-corrected chi connectivity index (χ4v) is 1.40. The van der Waals surface area contributed by atoms with Crippen LogP contribution in [0.15, 0.2) is 18.2 Å². The molecule has 0 saturated heterocycles. The van der Waals surface area contributed by atoms with E-state index in [0.717, 1.165) is 5.56 Å². The highest BCUT2D eigenvalue weighted by molar-refractivity contribution is 5.95. The van der Waals surface area contributed by atoms with Crippen LogP contribution in [-0.2, 0) is 0 Å². The van der Waals surface area contributed by atoms with Gasteiger partial charge in [0.25, 0.3) is 5.91 Å². The molecule has 0 heterocycles. The van der Waals surface area contributed by atoms with Crippen molar-refractivity contribution in [1.29, 1.82) is 0 Å². The molecule has 0 aliphatic heterocycles. The summed E-state index contributed by atoms with van der Waals surface area (Å²) in [4.78, 5) is 12.0. The number of rotatable bonds is 4. The van der Waals surface area contributed by atoms with Crippen LogP contribution in [0.5, 0.6) is 0 Å². The Hall–Kier alpha value is -1.55. The smallest absolute Gasteiger partial charge is 0.251 e. The third kappa shape index (κ3) is 3.20. The Balaban J connectivity index is 2.86. The standard InChI is InChI=1S/C13H20N2O2/c1-4-13(3,8-16)15-12(17)10-5-6-11(14)9(2)7-10/h5-7,16H,4,8,14H2,1-3H3,(H,15,17). The van der Waals surface area contributed by atoms with E-state index in [2.05, 4.69) is 5.32 Å². The monoisotopic (exact) mass is 236 g/mol. The molecular formula is C13H20N2O2. The van der Waals surface area contributed by atoms with Gasteiger partial charge in [-0.15, -0.1) is 0 Å². The molecule has 1 amide bonds. The first kappa shape index (κ1) is 13.5. The molecule has 4 N–H and O–H groups in total. The van der Waals surface area contributed by atoms with Crippen LogP contribution in [0, 0.1) is 6.92 Å². The van der Waals surface area contributed by atoms with Gasteiger partial charge < -0.3 is 16.2 Å². The van der Waals surface area contributed by atoms with E-state index in [9.17, 15) is 9.90 Å². The Bertz CT molecular complexity index is 412. The maximum absolute atomic E-state index is 12.0. The average Bonchev–Trinajstić information content (AvgIpc) is 2.32. The normalized spacial score (nSPS) is 14.1. The van der Waals surface area contributed by atoms with Crippen LogP contribution in [-0.4, -0.2) is 23.2 Å². The lowest BCUT2D eigenvalue weighted by Crippen LogP contribution is -2.48. The molecule has 4 nitrogen and oxygen atoms in total. The van der Waals surface area contributed by atoms with E-state index >= 15 is 0 Å². The number of nitrogens with two attached hydrogens (primary N) is 1. The maximum atomic E-state index is 12.0. The second kappa shape index (κ2) is 5.19. The number of carbonyl (C=O) groups is 1. The van der Waals surface area contributed by atoms with Crippen LogP contribution in [0.4, 0.5) is 5.69 Å². The number of aliphatic hydroxyl groups is 1. The summed E-state index contributed by atoms with van der Waals surface area (Å²) in [6, 6.07) is 5.15. The first-order chi connectivity index (χ1) is 7.91. The van der Waals surface area contributed by atoms with Gasteiger partial charge in [0.05, 0.1) is 12.1 Å². The molecule has 1 rings (SSSR count). The number of hydrogen-bond donors (Lipinski definition) is 3. The number of amides is 1. The van der Waals surface area contributed by atoms with E-state index in [1.807, 2.05) is 20.8 Å². The second-order valence-electron chi connectivity index (χ2n) is 4.60. The van der Waals surface area contributed by atoms with Gasteiger partial charge in [0.15, 0.2) is 0 Å². The van der Waals surface area contributed by atoms with E-state index in [1.165, 1.54) is 0 Å². The first-order valence-electron chi connectivity index (χ1n) is 5.71. The van der Waals surface area contributed by atoms with Crippen molar-refractivity contribution in [1.82, 2.24) is 5.32 Å². The van der Waals surface area contributed by atoms with Crippen molar-refractivity contribution < 1.29 is 9.90 Å². The molecule has 0 radical (unpaired) electrons. The third-order valence-electron chi connectivity index (χ3n) is 3.08. The van der Waals surface area contributed by atoms with Crippen LogP contribution >= 0.6 is 0 Å². The van der Waals surface area contributed by atoms with Gasteiger partial charge in [-0.05, 0) is 44.0 Å². The van der Waals surface area contributed by atoms with Crippen LogP contribution in [0.25, 0.3) is 0 Å². The minimum Gasteiger partial charge on any atom is -0.399 e. The minimum absolute atomic E-state index is 0.0802. The van der Waals surface area contributed by atoms with E-state index in [1.54, 1.807) is 18.2 Å². The van der Waals surface area contributed by atoms with E-state index in [4.69, 9.17) is 5.73 Å². The number of benzene rings is 1. The van der Waals surface area contributed by atoms with Gasteiger partial charge in [0.1, 0.15) is 0 Å². The molecule has 1 atom stereocenters. The summed E-state index contributed by atoms with van der Waals surface area (Å²) >= 11 is 0. The summed E-state index contributed by atoms with van der Waals surface area (Å²) < 4.78 is 0. The summed E-state index contributed by atoms with van der Waals surface area (Å²) in [5.41, 5.74) is 7.22. The van der Waals surface area contributed by atoms with Gasteiger partial charge in [-0.1, -0.05) is 6.92 Å². The van der Waals surface area contributed by atoms with Crippen LogP contribution in [0.2, 0.25) is 0 Å². The topological polar surface area (TPSA) is 75.3 Å². The molecule has 0 aliphatic rings. The van der Waals surface area contributed by atoms with Crippen molar-refractivity contribution in [3.05, 3.63) is 29.3 Å². The summed E-state index contributed by atoms with van der Waals surface area (Å²) in [5.74, 6) is -0.188. The predicted octanol–water partition coefficient (Wildman–Crippen LogP) is 1.47. The molecule has 17 heavy (non-hydrogen) atoms. The number of nitrogens with one attached hydrogen (secondary N) is 1. The molecule has 0 aliphatic carbocycles. The molecule has 1 unspecified atom stereocenters. The molecular weight excluding hydrogens is 216 g/mol. The van der Waals surface area contributed by atoms with Crippen LogP contribution < -0.4 is 11.1 Å².